The van der Waals surface area contributed by atoms with Gasteiger partial charge in [-0.05, 0) is 36.8 Å². The summed E-state index contributed by atoms with van der Waals surface area (Å²) in [6.45, 7) is 3.26. The summed E-state index contributed by atoms with van der Waals surface area (Å²) in [7, 11) is 0. The Bertz CT molecular complexity index is 958. The van der Waals surface area contributed by atoms with Gasteiger partial charge >= 0.3 is 0 Å². The number of hydrogen-bond donors (Lipinski definition) is 1. The van der Waals surface area contributed by atoms with Gasteiger partial charge in [-0.1, -0.05) is 60.7 Å². The van der Waals surface area contributed by atoms with Gasteiger partial charge in [0.15, 0.2) is 5.75 Å². The fourth-order valence-electron chi connectivity index (χ4n) is 3.00. The van der Waals surface area contributed by atoms with Gasteiger partial charge < -0.3 is 10.1 Å². The van der Waals surface area contributed by atoms with E-state index in [1.807, 2.05) is 79.7 Å². The van der Waals surface area contributed by atoms with Crippen LogP contribution in [0.15, 0.2) is 84.9 Å². The van der Waals surface area contributed by atoms with Gasteiger partial charge in [-0.3, -0.25) is 14.5 Å². The lowest BCUT2D eigenvalue weighted by Gasteiger charge is -2.24. The molecule has 0 saturated heterocycles. The number of hydrogen-bond acceptors (Lipinski definition) is 3. The smallest absolute Gasteiger partial charge is 0.240 e. The molecular weight excluding hydrogens is 364 g/mol. The normalized spacial score (nSPS) is 11.4. The van der Waals surface area contributed by atoms with E-state index in [-0.39, 0.29) is 24.4 Å². The molecule has 0 aromatic heterocycles. The number of ether oxygens (including phenoxy) is 1. The summed E-state index contributed by atoms with van der Waals surface area (Å²) >= 11 is 0. The zero-order valence-electron chi connectivity index (χ0n) is 16.5. The molecule has 0 radical (unpaired) electrons. The first-order chi connectivity index (χ1) is 14.0. The van der Waals surface area contributed by atoms with Crippen molar-refractivity contribution in [2.45, 2.75) is 19.9 Å². The second kappa shape index (κ2) is 9.55. The molecule has 0 heterocycles. The Kier molecular flexibility index (Phi) is 6.63. The maximum absolute atomic E-state index is 12.6. The Balaban J connectivity index is 1.76. The van der Waals surface area contributed by atoms with E-state index in [4.69, 9.17) is 4.74 Å². The predicted octanol–water partition coefficient (Wildman–Crippen LogP) is 4.71. The summed E-state index contributed by atoms with van der Waals surface area (Å²) in [6, 6.07) is 26.1. The number of benzene rings is 3. The number of carbonyl (C=O) groups excluding carboxylic acids is 2. The number of carbonyl (C=O) groups is 2. The molecule has 3 aromatic rings. The van der Waals surface area contributed by atoms with Crippen LogP contribution in [0.25, 0.3) is 0 Å². The van der Waals surface area contributed by atoms with Gasteiger partial charge in [-0.2, -0.15) is 0 Å². The minimum atomic E-state index is -0.244. The van der Waals surface area contributed by atoms with Crippen LogP contribution in [-0.2, 0) is 9.59 Å². The molecule has 5 nitrogen and oxygen atoms in total. The molecule has 148 valence electrons. The van der Waals surface area contributed by atoms with Gasteiger partial charge in [0.1, 0.15) is 12.3 Å². The standard InChI is InChI=1S/C24H24N2O3/c1-18(20-11-5-3-6-12-20)25-24(28)17-26(19(2)27)22-15-9-10-16-23(22)29-21-13-7-4-8-14-21/h3-16,18H,17H2,1-2H3,(H,25,28). The summed E-state index contributed by atoms with van der Waals surface area (Å²) in [5.74, 6) is 0.686. The average Bonchev–Trinajstić information content (AvgIpc) is 2.74. The highest BCUT2D eigenvalue weighted by atomic mass is 16.5. The maximum Gasteiger partial charge on any atom is 0.240 e. The Labute approximate surface area is 170 Å². The van der Waals surface area contributed by atoms with Crippen LogP contribution in [0.5, 0.6) is 11.5 Å². The predicted molar refractivity (Wildman–Crippen MR) is 114 cm³/mol. The lowest BCUT2D eigenvalue weighted by Crippen LogP contribution is -2.40. The van der Waals surface area contributed by atoms with Gasteiger partial charge in [-0.25, -0.2) is 0 Å². The van der Waals surface area contributed by atoms with E-state index >= 15 is 0 Å². The topological polar surface area (TPSA) is 58.6 Å². The molecule has 5 heteroatoms. The number of anilines is 1. The van der Waals surface area contributed by atoms with E-state index in [0.717, 1.165) is 5.56 Å². The first-order valence-corrected chi connectivity index (χ1v) is 9.49. The number of rotatable bonds is 7. The molecule has 1 unspecified atom stereocenters. The molecule has 0 fully saturated rings. The van der Waals surface area contributed by atoms with Crippen molar-refractivity contribution >= 4 is 17.5 Å². The average molecular weight is 388 g/mol. The van der Waals surface area contributed by atoms with Gasteiger partial charge in [0.2, 0.25) is 11.8 Å². The number of nitrogens with zero attached hydrogens (tertiary/aromatic N) is 1. The van der Waals surface area contributed by atoms with Crippen molar-refractivity contribution in [1.82, 2.24) is 5.32 Å². The molecule has 3 aromatic carbocycles. The maximum atomic E-state index is 12.6. The summed E-state index contributed by atoms with van der Waals surface area (Å²) < 4.78 is 5.95. The minimum Gasteiger partial charge on any atom is -0.455 e. The first kappa shape index (κ1) is 20.1. The second-order valence-corrected chi connectivity index (χ2v) is 6.69. The van der Waals surface area contributed by atoms with Crippen LogP contribution in [0, 0.1) is 0 Å². The van der Waals surface area contributed by atoms with Crippen LogP contribution < -0.4 is 15.0 Å². The van der Waals surface area contributed by atoms with E-state index < -0.39 is 0 Å². The fraction of sp³-hybridized carbons (Fsp3) is 0.167. The Morgan fingerprint density at radius 1 is 0.897 bits per heavy atom. The molecular formula is C24H24N2O3. The molecule has 0 aliphatic carbocycles. The number of amides is 2. The van der Waals surface area contributed by atoms with E-state index in [1.165, 1.54) is 11.8 Å². The molecule has 2 amide bonds. The Hall–Kier alpha value is -3.60. The van der Waals surface area contributed by atoms with Gasteiger partial charge in [0, 0.05) is 6.92 Å². The third-order valence-electron chi connectivity index (χ3n) is 4.49. The third-order valence-corrected chi connectivity index (χ3v) is 4.49. The van der Waals surface area contributed by atoms with Crippen molar-refractivity contribution < 1.29 is 14.3 Å². The molecule has 0 aliphatic rings. The Morgan fingerprint density at radius 2 is 1.48 bits per heavy atom. The van der Waals surface area contributed by atoms with Crippen LogP contribution in [0.1, 0.15) is 25.5 Å². The van der Waals surface area contributed by atoms with Gasteiger partial charge in [-0.15, -0.1) is 0 Å². The van der Waals surface area contributed by atoms with Crippen LogP contribution in [0.2, 0.25) is 0 Å². The zero-order chi connectivity index (χ0) is 20.6. The SMILES string of the molecule is CC(=O)N(CC(=O)NC(C)c1ccccc1)c1ccccc1Oc1ccccc1. The molecule has 3 rings (SSSR count). The van der Waals surface area contributed by atoms with Crippen molar-refractivity contribution in [1.29, 1.82) is 0 Å². The molecule has 0 spiro atoms. The summed E-state index contributed by atoms with van der Waals surface area (Å²) in [5.41, 5.74) is 1.55. The molecule has 0 bridgehead atoms. The summed E-state index contributed by atoms with van der Waals surface area (Å²) in [4.78, 5) is 26.4. The van der Waals surface area contributed by atoms with E-state index in [1.54, 1.807) is 12.1 Å². The third kappa shape index (κ3) is 5.45. The van der Waals surface area contributed by atoms with E-state index in [9.17, 15) is 9.59 Å². The van der Waals surface area contributed by atoms with Gasteiger partial charge in [0.25, 0.3) is 0 Å². The van der Waals surface area contributed by atoms with Crippen molar-refractivity contribution in [3.8, 4) is 11.5 Å². The highest BCUT2D eigenvalue weighted by molar-refractivity contribution is 5.98. The molecule has 0 saturated carbocycles. The van der Waals surface area contributed by atoms with Crippen molar-refractivity contribution in [2.24, 2.45) is 0 Å². The van der Waals surface area contributed by atoms with E-state index in [2.05, 4.69) is 5.32 Å². The summed E-state index contributed by atoms with van der Waals surface area (Å²) in [5, 5.41) is 2.95. The number of nitrogens with one attached hydrogen (secondary N) is 1. The van der Waals surface area contributed by atoms with Crippen molar-refractivity contribution in [3.05, 3.63) is 90.5 Å². The number of para-hydroxylation sites is 3. The highest BCUT2D eigenvalue weighted by Gasteiger charge is 2.21. The quantitative estimate of drug-likeness (QED) is 0.638. The Morgan fingerprint density at radius 3 is 2.14 bits per heavy atom. The first-order valence-electron chi connectivity index (χ1n) is 9.49. The second-order valence-electron chi connectivity index (χ2n) is 6.69. The van der Waals surface area contributed by atoms with E-state index in [0.29, 0.717) is 17.2 Å². The van der Waals surface area contributed by atoms with Crippen molar-refractivity contribution in [2.75, 3.05) is 11.4 Å². The van der Waals surface area contributed by atoms with Crippen LogP contribution in [0.3, 0.4) is 0 Å². The molecule has 1 N–H and O–H groups in total. The van der Waals surface area contributed by atoms with Crippen molar-refractivity contribution in [3.63, 3.8) is 0 Å². The molecule has 29 heavy (non-hydrogen) atoms. The summed E-state index contributed by atoms with van der Waals surface area (Å²) in [6.07, 6.45) is 0. The lowest BCUT2D eigenvalue weighted by molar-refractivity contribution is -0.123. The fourth-order valence-corrected chi connectivity index (χ4v) is 3.00. The van der Waals surface area contributed by atoms with Crippen LogP contribution >= 0.6 is 0 Å². The minimum absolute atomic E-state index is 0.0956. The van der Waals surface area contributed by atoms with Gasteiger partial charge in [0.05, 0.1) is 11.7 Å². The molecule has 0 aliphatic heterocycles. The zero-order valence-corrected chi connectivity index (χ0v) is 16.5. The highest BCUT2D eigenvalue weighted by Crippen LogP contribution is 2.32. The van der Waals surface area contributed by atoms with Crippen LogP contribution in [0.4, 0.5) is 5.69 Å². The lowest BCUT2D eigenvalue weighted by atomic mass is 10.1. The monoisotopic (exact) mass is 388 g/mol. The largest absolute Gasteiger partial charge is 0.455 e. The van der Waals surface area contributed by atoms with Crippen LogP contribution in [-0.4, -0.2) is 18.4 Å². The molecule has 1 atom stereocenters.